The number of benzene rings is 2. The molecule has 0 heterocycles. The fraction of sp³-hybridized carbons (Fsp3) is 0.286. The van der Waals surface area contributed by atoms with E-state index in [1.165, 1.54) is 33.9 Å². The fourth-order valence-electron chi connectivity index (χ4n) is 2.36. The van der Waals surface area contributed by atoms with Crippen molar-refractivity contribution in [3.8, 4) is 11.1 Å². The highest BCUT2D eigenvalue weighted by Gasteiger charge is 2.05. The molecule has 0 amide bonds. The first-order valence-corrected chi connectivity index (χ1v) is 8.01. The summed E-state index contributed by atoms with van der Waals surface area (Å²) in [5.74, 6) is 0. The molecule has 0 aliphatic carbocycles. The molecular weight excluding hydrogens is 300 g/mol. The molecule has 0 bridgehead atoms. The minimum absolute atomic E-state index is 0.184. The second-order valence-corrected chi connectivity index (χ2v) is 5.44. The molecule has 0 aliphatic rings. The van der Waals surface area contributed by atoms with E-state index in [1.54, 1.807) is 7.11 Å². The maximum absolute atomic E-state index is 9.16. The van der Waals surface area contributed by atoms with Gasteiger partial charge in [-0.1, -0.05) is 54.6 Å². The second kappa shape index (κ2) is 11.3. The van der Waals surface area contributed by atoms with Gasteiger partial charge in [-0.05, 0) is 48.1 Å². The lowest BCUT2D eigenvalue weighted by molar-refractivity contribution is -0.104. The predicted octanol–water partition coefficient (Wildman–Crippen LogP) is 3.76. The maximum Gasteiger partial charge on any atom is 0.142 e. The van der Waals surface area contributed by atoms with Gasteiger partial charge in [0.1, 0.15) is 6.29 Å². The molecule has 0 aromatic heterocycles. The fourth-order valence-corrected chi connectivity index (χ4v) is 2.36. The molecule has 0 spiro atoms. The first-order chi connectivity index (χ1) is 11.7. The van der Waals surface area contributed by atoms with E-state index in [2.05, 4.69) is 56.0 Å². The van der Waals surface area contributed by atoms with Crippen molar-refractivity contribution in [1.29, 1.82) is 0 Å². The van der Waals surface area contributed by atoms with Gasteiger partial charge in [-0.2, -0.15) is 0 Å². The summed E-state index contributed by atoms with van der Waals surface area (Å²) in [7, 11) is 1.72. The van der Waals surface area contributed by atoms with Crippen LogP contribution in [0.1, 0.15) is 16.7 Å². The first kappa shape index (κ1) is 19.8. The minimum Gasteiger partial charge on any atom is -0.396 e. The number of allylic oxidation sites excluding steroid dienone is 1. The summed E-state index contributed by atoms with van der Waals surface area (Å²) in [5.41, 5.74) is 6.19. The molecule has 0 saturated heterocycles. The van der Waals surface area contributed by atoms with Gasteiger partial charge in [0.25, 0.3) is 0 Å². The van der Waals surface area contributed by atoms with Crippen molar-refractivity contribution in [3.63, 3.8) is 0 Å². The molecule has 0 unspecified atom stereocenters. The van der Waals surface area contributed by atoms with Gasteiger partial charge in [0.05, 0.1) is 6.61 Å². The van der Waals surface area contributed by atoms with Crippen molar-refractivity contribution in [3.05, 3.63) is 71.8 Å². The summed E-state index contributed by atoms with van der Waals surface area (Å²) < 4.78 is 5.18. The second-order valence-electron chi connectivity index (χ2n) is 5.44. The zero-order chi connectivity index (χ0) is 17.8. The van der Waals surface area contributed by atoms with Crippen LogP contribution in [0.4, 0.5) is 0 Å². The van der Waals surface area contributed by atoms with E-state index in [9.17, 15) is 0 Å². The van der Waals surface area contributed by atoms with Crippen LogP contribution in [0.3, 0.4) is 0 Å². The van der Waals surface area contributed by atoms with Gasteiger partial charge in [0.2, 0.25) is 0 Å². The number of hydrogen-bond donors (Lipinski definition) is 1. The smallest absolute Gasteiger partial charge is 0.142 e. The number of carbonyl (C=O) groups excluding carboxylic acids is 1. The summed E-state index contributed by atoms with van der Waals surface area (Å²) in [5, 5.41) is 9.16. The molecule has 1 N–H and O–H groups in total. The van der Waals surface area contributed by atoms with Gasteiger partial charge in [-0.15, -0.1) is 0 Å². The van der Waals surface area contributed by atoms with E-state index in [0.717, 1.165) is 6.42 Å². The van der Waals surface area contributed by atoms with Crippen molar-refractivity contribution in [2.24, 2.45) is 0 Å². The lowest BCUT2D eigenvalue weighted by atomic mass is 9.96. The topological polar surface area (TPSA) is 46.5 Å². The number of aliphatic hydroxyl groups excluding tert-OH is 1. The molecule has 2 aromatic carbocycles. The van der Waals surface area contributed by atoms with Crippen LogP contribution in [0.25, 0.3) is 11.1 Å². The van der Waals surface area contributed by atoms with Crippen LogP contribution in [0.5, 0.6) is 0 Å². The zero-order valence-electron chi connectivity index (χ0n) is 14.5. The third-order valence-electron chi connectivity index (χ3n) is 3.64. The Kier molecular flexibility index (Phi) is 9.35. The molecular formula is C21H26O3. The van der Waals surface area contributed by atoms with Gasteiger partial charge in [0, 0.05) is 13.7 Å². The highest BCUT2D eigenvalue weighted by Crippen LogP contribution is 2.24. The molecule has 0 aliphatic heterocycles. The molecule has 3 heteroatoms. The number of aldehydes is 1. The number of carbonyl (C=O) groups is 1. The van der Waals surface area contributed by atoms with Crippen molar-refractivity contribution in [2.45, 2.75) is 19.8 Å². The summed E-state index contributed by atoms with van der Waals surface area (Å²) in [6.45, 7) is 6.10. The number of aliphatic hydroxyl groups is 1. The largest absolute Gasteiger partial charge is 0.396 e. The normalized spacial score (nSPS) is 9.79. The van der Waals surface area contributed by atoms with Gasteiger partial charge in [-0.3, -0.25) is 4.79 Å². The van der Waals surface area contributed by atoms with Crippen LogP contribution in [-0.4, -0.2) is 31.7 Å². The Balaban J connectivity index is 0.000000648. The Morgan fingerprint density at radius 3 is 2.21 bits per heavy atom. The Morgan fingerprint density at radius 2 is 1.67 bits per heavy atom. The Bertz CT molecular complexity index is 624. The number of hydrogen-bond acceptors (Lipinski definition) is 3. The summed E-state index contributed by atoms with van der Waals surface area (Å²) in [6.07, 6.45) is 3.42. The molecule has 3 nitrogen and oxygen atoms in total. The highest BCUT2D eigenvalue weighted by molar-refractivity contribution is 5.65. The Morgan fingerprint density at radius 1 is 1.04 bits per heavy atom. The Labute approximate surface area is 144 Å². The average molecular weight is 326 g/mol. The first-order valence-electron chi connectivity index (χ1n) is 8.01. The van der Waals surface area contributed by atoms with Gasteiger partial charge in [-0.25, -0.2) is 0 Å². The molecule has 128 valence electrons. The van der Waals surface area contributed by atoms with Crippen LogP contribution in [-0.2, 0) is 22.4 Å². The van der Waals surface area contributed by atoms with E-state index >= 15 is 0 Å². The van der Waals surface area contributed by atoms with Crippen LogP contribution in [0.15, 0.2) is 55.1 Å². The molecule has 2 aromatic rings. The lowest BCUT2D eigenvalue weighted by Crippen LogP contribution is -2.02. The highest BCUT2D eigenvalue weighted by atomic mass is 16.5. The van der Waals surface area contributed by atoms with E-state index < -0.39 is 0 Å². The lowest BCUT2D eigenvalue weighted by Gasteiger charge is -2.11. The van der Waals surface area contributed by atoms with Crippen LogP contribution < -0.4 is 0 Å². The van der Waals surface area contributed by atoms with E-state index in [0.29, 0.717) is 19.3 Å². The zero-order valence-corrected chi connectivity index (χ0v) is 14.5. The van der Waals surface area contributed by atoms with Gasteiger partial charge in [0.15, 0.2) is 0 Å². The van der Waals surface area contributed by atoms with E-state index in [1.807, 2.05) is 0 Å². The summed E-state index contributed by atoms with van der Waals surface area (Å²) >= 11 is 0. The summed E-state index contributed by atoms with van der Waals surface area (Å²) in [6, 6.07) is 15.0. The molecule has 2 rings (SSSR count). The SMILES string of the molecule is C=CC=O.COCCc1cc(-c2ccc(C)cc2)ccc1CCO. The Hall–Kier alpha value is -2.23. The van der Waals surface area contributed by atoms with Crippen molar-refractivity contribution in [1.82, 2.24) is 0 Å². The number of rotatable bonds is 7. The van der Waals surface area contributed by atoms with Gasteiger partial charge < -0.3 is 9.84 Å². The molecule has 0 fully saturated rings. The molecule has 24 heavy (non-hydrogen) atoms. The van der Waals surface area contributed by atoms with Crippen molar-refractivity contribution >= 4 is 6.29 Å². The van der Waals surface area contributed by atoms with Gasteiger partial charge >= 0.3 is 0 Å². The van der Waals surface area contributed by atoms with E-state index in [-0.39, 0.29) is 6.61 Å². The third kappa shape index (κ3) is 6.49. The number of aryl methyl sites for hydroxylation is 1. The van der Waals surface area contributed by atoms with Crippen LogP contribution in [0, 0.1) is 6.92 Å². The third-order valence-corrected chi connectivity index (χ3v) is 3.64. The minimum atomic E-state index is 0.184. The quantitative estimate of drug-likeness (QED) is 0.622. The standard InChI is InChI=1S/C18H22O2.C3H4O/c1-14-3-5-15(6-4-14)17-8-7-16(9-11-19)18(13-17)10-12-20-2;1-2-3-4/h3-8,13,19H,9-12H2,1-2H3;2-3H,1H2. The average Bonchev–Trinajstić information content (AvgIpc) is 2.62. The van der Waals surface area contributed by atoms with Crippen molar-refractivity contribution < 1.29 is 14.6 Å². The number of methoxy groups -OCH3 is 1. The molecule has 0 radical (unpaired) electrons. The van der Waals surface area contributed by atoms with Crippen LogP contribution >= 0.6 is 0 Å². The van der Waals surface area contributed by atoms with Crippen molar-refractivity contribution in [2.75, 3.05) is 20.3 Å². The van der Waals surface area contributed by atoms with E-state index in [4.69, 9.17) is 14.6 Å². The number of ether oxygens (including phenoxy) is 1. The molecule has 0 atom stereocenters. The summed E-state index contributed by atoms with van der Waals surface area (Å²) in [4.78, 5) is 9.06. The van der Waals surface area contributed by atoms with Crippen LogP contribution in [0.2, 0.25) is 0 Å². The maximum atomic E-state index is 9.16. The monoisotopic (exact) mass is 326 g/mol. The predicted molar refractivity (Wildman–Crippen MR) is 99.2 cm³/mol. The molecule has 0 saturated carbocycles.